The van der Waals surface area contributed by atoms with E-state index in [1.807, 2.05) is 30.0 Å². The van der Waals surface area contributed by atoms with Crippen molar-refractivity contribution < 1.29 is 14.3 Å². The lowest BCUT2D eigenvalue weighted by molar-refractivity contribution is 0.0751. The van der Waals surface area contributed by atoms with E-state index < -0.39 is 0 Å². The van der Waals surface area contributed by atoms with Crippen LogP contribution in [0.15, 0.2) is 23.6 Å². The predicted molar refractivity (Wildman–Crippen MR) is 105 cm³/mol. The number of carbonyl (C=O) groups is 1. The lowest BCUT2D eigenvalue weighted by Crippen LogP contribution is -2.31. The normalized spacial score (nSPS) is 16.1. The van der Waals surface area contributed by atoms with Crippen molar-refractivity contribution in [2.24, 2.45) is 5.92 Å². The van der Waals surface area contributed by atoms with Crippen LogP contribution in [0.5, 0.6) is 11.5 Å². The fraction of sp³-hybridized carbons (Fsp3) is 0.476. The second-order valence-corrected chi connectivity index (χ2v) is 7.87. The van der Waals surface area contributed by atoms with E-state index in [0.29, 0.717) is 24.6 Å². The Morgan fingerprint density at radius 3 is 2.73 bits per heavy atom. The SMILES string of the molecule is CCN(Cc1ccc(OC)c(OC)c1)C(=O)c1csc2c1CCC(C)C2. The molecular formula is C21H27NO3S. The summed E-state index contributed by atoms with van der Waals surface area (Å²) < 4.78 is 10.7. The van der Waals surface area contributed by atoms with Gasteiger partial charge in [-0.05, 0) is 55.4 Å². The van der Waals surface area contributed by atoms with E-state index in [4.69, 9.17) is 9.47 Å². The van der Waals surface area contributed by atoms with Gasteiger partial charge in [0.15, 0.2) is 11.5 Å². The fourth-order valence-corrected chi connectivity index (χ4v) is 4.79. The summed E-state index contributed by atoms with van der Waals surface area (Å²) in [5.74, 6) is 2.24. The summed E-state index contributed by atoms with van der Waals surface area (Å²) in [7, 11) is 3.25. The standard InChI is InChI=1S/C21H27NO3S/c1-5-22(12-15-7-9-18(24-3)19(11-15)25-4)21(23)17-13-26-20-10-14(2)6-8-16(17)20/h7,9,11,13-14H,5-6,8,10,12H2,1-4H3. The molecule has 1 aromatic carbocycles. The van der Waals surface area contributed by atoms with Crippen molar-refractivity contribution in [2.45, 2.75) is 39.7 Å². The van der Waals surface area contributed by atoms with Crippen LogP contribution < -0.4 is 9.47 Å². The second kappa shape index (κ2) is 8.12. The van der Waals surface area contributed by atoms with Crippen LogP contribution in [0.2, 0.25) is 0 Å². The lowest BCUT2D eigenvalue weighted by Gasteiger charge is -2.24. The summed E-state index contributed by atoms with van der Waals surface area (Å²) >= 11 is 1.75. The number of fused-ring (bicyclic) bond motifs is 1. The molecule has 4 nitrogen and oxygen atoms in total. The van der Waals surface area contributed by atoms with Gasteiger partial charge in [-0.3, -0.25) is 4.79 Å². The van der Waals surface area contributed by atoms with Gasteiger partial charge in [0.1, 0.15) is 0 Å². The van der Waals surface area contributed by atoms with Crippen molar-refractivity contribution in [1.29, 1.82) is 0 Å². The number of benzene rings is 1. The number of nitrogens with zero attached hydrogens (tertiary/aromatic N) is 1. The lowest BCUT2D eigenvalue weighted by atomic mass is 9.88. The maximum atomic E-state index is 13.1. The molecular weight excluding hydrogens is 346 g/mol. The van der Waals surface area contributed by atoms with Gasteiger partial charge >= 0.3 is 0 Å². The average Bonchev–Trinajstić information content (AvgIpc) is 3.08. The monoisotopic (exact) mass is 373 g/mol. The summed E-state index contributed by atoms with van der Waals surface area (Å²) in [6.07, 6.45) is 3.30. The topological polar surface area (TPSA) is 38.8 Å². The molecule has 2 aromatic rings. The molecule has 0 radical (unpaired) electrons. The molecule has 1 atom stereocenters. The Morgan fingerprint density at radius 1 is 1.27 bits per heavy atom. The summed E-state index contributed by atoms with van der Waals surface area (Å²) in [4.78, 5) is 16.5. The summed E-state index contributed by atoms with van der Waals surface area (Å²) in [5, 5.41) is 2.06. The first-order chi connectivity index (χ1) is 12.6. The molecule has 0 aliphatic heterocycles. The van der Waals surface area contributed by atoms with Gasteiger partial charge in [-0.15, -0.1) is 11.3 Å². The average molecular weight is 374 g/mol. The van der Waals surface area contributed by atoms with Gasteiger partial charge in [0, 0.05) is 23.3 Å². The Morgan fingerprint density at radius 2 is 2.04 bits per heavy atom. The van der Waals surface area contributed by atoms with Gasteiger partial charge in [0.05, 0.1) is 19.8 Å². The van der Waals surface area contributed by atoms with Gasteiger partial charge < -0.3 is 14.4 Å². The molecule has 3 rings (SSSR count). The Hall–Kier alpha value is -2.01. The van der Waals surface area contributed by atoms with Crippen LogP contribution in [0.4, 0.5) is 0 Å². The van der Waals surface area contributed by atoms with Crippen molar-refractivity contribution in [3.05, 3.63) is 45.1 Å². The van der Waals surface area contributed by atoms with Crippen LogP contribution in [0.1, 0.15) is 46.6 Å². The molecule has 1 aliphatic rings. The zero-order valence-corrected chi connectivity index (χ0v) is 16.8. The first-order valence-electron chi connectivity index (χ1n) is 9.16. The molecule has 5 heteroatoms. The van der Waals surface area contributed by atoms with E-state index in [1.165, 1.54) is 16.9 Å². The van der Waals surface area contributed by atoms with Crippen molar-refractivity contribution in [3.63, 3.8) is 0 Å². The quantitative estimate of drug-likeness (QED) is 0.745. The van der Waals surface area contributed by atoms with E-state index in [9.17, 15) is 4.79 Å². The number of amides is 1. The van der Waals surface area contributed by atoms with Gasteiger partial charge in [0.2, 0.25) is 0 Å². The van der Waals surface area contributed by atoms with Gasteiger partial charge in [-0.25, -0.2) is 0 Å². The van der Waals surface area contributed by atoms with Gasteiger partial charge in [-0.2, -0.15) is 0 Å². The number of carbonyl (C=O) groups excluding carboxylic acids is 1. The minimum absolute atomic E-state index is 0.134. The molecule has 0 saturated carbocycles. The zero-order valence-electron chi connectivity index (χ0n) is 16.0. The largest absolute Gasteiger partial charge is 0.493 e. The van der Waals surface area contributed by atoms with Crippen molar-refractivity contribution in [2.75, 3.05) is 20.8 Å². The summed E-state index contributed by atoms with van der Waals surface area (Å²) in [6.45, 7) is 5.56. The van der Waals surface area contributed by atoms with E-state index in [1.54, 1.807) is 25.6 Å². The number of rotatable bonds is 6. The Balaban J connectivity index is 1.80. The van der Waals surface area contributed by atoms with Crippen molar-refractivity contribution in [3.8, 4) is 11.5 Å². The summed E-state index contributed by atoms with van der Waals surface area (Å²) in [5.41, 5.74) is 3.22. The maximum Gasteiger partial charge on any atom is 0.255 e. The number of ether oxygens (including phenoxy) is 2. The molecule has 26 heavy (non-hydrogen) atoms. The minimum atomic E-state index is 0.134. The van der Waals surface area contributed by atoms with Gasteiger partial charge in [0.25, 0.3) is 5.91 Å². The highest BCUT2D eigenvalue weighted by atomic mass is 32.1. The van der Waals surface area contributed by atoms with Crippen LogP contribution in [-0.2, 0) is 19.4 Å². The molecule has 0 N–H and O–H groups in total. The van der Waals surface area contributed by atoms with E-state index in [0.717, 1.165) is 29.9 Å². The number of methoxy groups -OCH3 is 2. The van der Waals surface area contributed by atoms with Crippen molar-refractivity contribution >= 4 is 17.2 Å². The third-order valence-electron chi connectivity index (χ3n) is 5.12. The Labute approximate surface area is 159 Å². The fourth-order valence-electron chi connectivity index (χ4n) is 3.55. The van der Waals surface area contributed by atoms with Crippen LogP contribution in [0.3, 0.4) is 0 Å². The molecule has 1 unspecified atom stereocenters. The number of thiophene rings is 1. The molecule has 1 heterocycles. The molecule has 140 valence electrons. The maximum absolute atomic E-state index is 13.1. The van der Waals surface area contributed by atoms with Crippen LogP contribution in [0.25, 0.3) is 0 Å². The molecule has 0 bridgehead atoms. The van der Waals surface area contributed by atoms with Crippen LogP contribution in [0, 0.1) is 5.92 Å². The van der Waals surface area contributed by atoms with E-state index >= 15 is 0 Å². The first-order valence-corrected chi connectivity index (χ1v) is 10.0. The third kappa shape index (κ3) is 3.73. The van der Waals surface area contributed by atoms with E-state index in [-0.39, 0.29) is 5.91 Å². The number of hydrogen-bond donors (Lipinski definition) is 0. The highest BCUT2D eigenvalue weighted by Gasteiger charge is 2.25. The highest BCUT2D eigenvalue weighted by molar-refractivity contribution is 7.10. The van der Waals surface area contributed by atoms with E-state index in [2.05, 4.69) is 12.3 Å². The van der Waals surface area contributed by atoms with Crippen LogP contribution >= 0.6 is 11.3 Å². The smallest absolute Gasteiger partial charge is 0.255 e. The number of hydrogen-bond acceptors (Lipinski definition) is 4. The zero-order chi connectivity index (χ0) is 18.7. The van der Waals surface area contributed by atoms with Crippen molar-refractivity contribution in [1.82, 2.24) is 4.90 Å². The molecule has 1 aromatic heterocycles. The first kappa shape index (κ1) is 18.8. The molecule has 0 spiro atoms. The molecule has 0 fully saturated rings. The van der Waals surface area contributed by atoms with Gasteiger partial charge in [-0.1, -0.05) is 13.0 Å². The van der Waals surface area contributed by atoms with Crippen LogP contribution in [-0.4, -0.2) is 31.6 Å². The molecule has 1 aliphatic carbocycles. The minimum Gasteiger partial charge on any atom is -0.493 e. The Kier molecular flexibility index (Phi) is 5.87. The Bertz CT molecular complexity index is 784. The summed E-state index contributed by atoms with van der Waals surface area (Å²) in [6, 6.07) is 5.82. The molecule has 0 saturated heterocycles. The highest BCUT2D eigenvalue weighted by Crippen LogP contribution is 2.34. The second-order valence-electron chi connectivity index (χ2n) is 6.91. The predicted octanol–water partition coefficient (Wildman–Crippen LogP) is 4.55. The molecule has 1 amide bonds. The third-order valence-corrected chi connectivity index (χ3v) is 6.17.